The van der Waals surface area contributed by atoms with Crippen molar-refractivity contribution in [3.63, 3.8) is 0 Å². The Balaban J connectivity index is 0.00000225. The lowest BCUT2D eigenvalue weighted by atomic mass is 10.3. The first-order chi connectivity index (χ1) is 6.93. The fourth-order valence-electron chi connectivity index (χ4n) is 1.15. The van der Waals surface area contributed by atoms with Gasteiger partial charge in [0, 0.05) is 0 Å². The highest BCUT2D eigenvalue weighted by atomic mass is 35.5. The van der Waals surface area contributed by atoms with Crippen LogP contribution in [0.15, 0.2) is 0 Å². The average molecular weight is 287 g/mol. The van der Waals surface area contributed by atoms with Gasteiger partial charge in [0.1, 0.15) is 5.38 Å². The minimum absolute atomic E-state index is 0. The second-order valence-electron chi connectivity index (χ2n) is 3.79. The molecular weight excluding hydrogens is 271 g/mol. The number of methoxy groups -OCH3 is 1. The normalized spacial score (nSPS) is 18.0. The number of rotatable bonds is 3. The Kier molecular flexibility index (Phi) is 5.93. The van der Waals surface area contributed by atoms with Gasteiger partial charge in [0.15, 0.2) is 0 Å². The predicted molar refractivity (Wildman–Crippen MR) is 62.5 cm³/mol. The van der Waals surface area contributed by atoms with Crippen LogP contribution < -0.4 is 18.1 Å². The maximum absolute atomic E-state index is 11.3. The summed E-state index contributed by atoms with van der Waals surface area (Å²) in [7, 11) is 5.07. The smallest absolute Gasteiger partial charge is 0.325 e. The number of carbonyl (C=O) groups excluding carboxylic acids is 1. The number of hydrogen-bond donors (Lipinski definition) is 1. The zero-order valence-corrected chi connectivity index (χ0v) is 11.8. The van der Waals surface area contributed by atoms with Crippen LogP contribution in [0.5, 0.6) is 0 Å². The van der Waals surface area contributed by atoms with Crippen molar-refractivity contribution in [1.29, 1.82) is 0 Å². The number of ether oxygens (including phenoxy) is 1. The third-order valence-corrected chi connectivity index (χ3v) is 4.71. The van der Waals surface area contributed by atoms with Gasteiger partial charge in [-0.1, -0.05) is 0 Å². The first-order valence-corrected chi connectivity index (χ1v) is 5.89. The van der Waals surface area contributed by atoms with Gasteiger partial charge in [0.25, 0.3) is 0 Å². The molecular formula is C9H16Cl2N2O2S. The molecule has 0 amide bonds. The summed E-state index contributed by atoms with van der Waals surface area (Å²) >= 11 is 7.51. The van der Waals surface area contributed by atoms with Crippen LogP contribution in [0.25, 0.3) is 0 Å². The average Bonchev–Trinajstić information content (AvgIpc) is 2.96. The maximum Gasteiger partial charge on any atom is 0.325 e. The third-order valence-electron chi connectivity index (χ3n) is 2.36. The minimum atomic E-state index is -0.619. The number of thioether (sulfide) groups is 1. The molecule has 1 aliphatic rings. The Morgan fingerprint density at radius 2 is 2.06 bits per heavy atom. The Labute approximate surface area is 111 Å². The standard InChI is InChI=1S/C9H15ClN2O2S.ClH/c1-12(2)8(11)15-9(4-5-9)6(10)7(13)14-3;/h6,11H,4-5H2,1-3H3;1H. The molecule has 2 N–H and O–H groups in total. The van der Waals surface area contributed by atoms with Crippen molar-refractivity contribution in [2.45, 2.75) is 23.0 Å². The first kappa shape index (κ1) is 15.9. The summed E-state index contributed by atoms with van der Waals surface area (Å²) in [5.74, 6) is -0.381. The summed E-state index contributed by atoms with van der Waals surface area (Å²) in [6.07, 6.45) is 1.80. The van der Waals surface area contributed by atoms with Gasteiger partial charge in [-0.3, -0.25) is 15.1 Å². The summed E-state index contributed by atoms with van der Waals surface area (Å²) in [6.45, 7) is 0. The Hall–Kier alpha value is -0.130. The van der Waals surface area contributed by atoms with E-state index in [1.54, 1.807) is 0 Å². The molecule has 0 aromatic rings. The Bertz CT molecular complexity index is 302. The molecule has 0 bridgehead atoms. The van der Waals surface area contributed by atoms with E-state index in [4.69, 9.17) is 17.3 Å². The van der Waals surface area contributed by atoms with Crippen molar-refractivity contribution >= 4 is 34.5 Å². The fraction of sp³-hybridized carbons (Fsp3) is 0.778. The lowest BCUT2D eigenvalue weighted by Crippen LogP contribution is -3.00. The molecule has 16 heavy (non-hydrogen) atoms. The highest BCUT2D eigenvalue weighted by molar-refractivity contribution is 8.15. The molecule has 0 radical (unpaired) electrons. The highest BCUT2D eigenvalue weighted by Gasteiger charge is 2.55. The fourth-order valence-corrected chi connectivity index (χ4v) is 2.69. The van der Waals surface area contributed by atoms with Gasteiger partial charge in [0.05, 0.1) is 26.0 Å². The van der Waals surface area contributed by atoms with Gasteiger partial charge in [-0.25, -0.2) is 0 Å². The van der Waals surface area contributed by atoms with E-state index in [1.807, 2.05) is 18.7 Å². The van der Waals surface area contributed by atoms with Crippen LogP contribution in [0.3, 0.4) is 0 Å². The zero-order valence-electron chi connectivity index (χ0n) is 9.50. The number of carbonyl (C=O) groups is 1. The molecule has 0 aliphatic heterocycles. The third kappa shape index (κ3) is 3.43. The minimum Gasteiger partial charge on any atom is -1.00 e. The summed E-state index contributed by atoms with van der Waals surface area (Å²) in [4.78, 5) is 11.3. The van der Waals surface area contributed by atoms with Gasteiger partial charge in [0.2, 0.25) is 0 Å². The van der Waals surface area contributed by atoms with Crippen LogP contribution in [-0.4, -0.2) is 47.0 Å². The van der Waals surface area contributed by atoms with Crippen LogP contribution in [0.1, 0.15) is 12.8 Å². The molecule has 94 valence electrons. The molecule has 1 rings (SSSR count). The van der Waals surface area contributed by atoms with Crippen LogP contribution >= 0.6 is 23.4 Å². The lowest BCUT2D eigenvalue weighted by Gasteiger charge is -2.16. The van der Waals surface area contributed by atoms with E-state index in [-0.39, 0.29) is 23.1 Å². The summed E-state index contributed by atoms with van der Waals surface area (Å²) in [5, 5.41) is 0.0491. The first-order valence-electron chi connectivity index (χ1n) is 4.63. The van der Waals surface area contributed by atoms with Crippen LogP contribution in [0.4, 0.5) is 0 Å². The highest BCUT2D eigenvalue weighted by Crippen LogP contribution is 2.53. The van der Waals surface area contributed by atoms with E-state index in [0.29, 0.717) is 5.17 Å². The number of amidine groups is 1. The number of nitrogens with zero attached hydrogens (tertiary/aromatic N) is 1. The summed E-state index contributed by atoms with van der Waals surface area (Å²) in [5.41, 5.74) is 5.82. The quantitative estimate of drug-likeness (QED) is 0.207. The molecule has 0 aromatic heterocycles. The topological polar surface area (TPSA) is 55.3 Å². The number of nitrogens with two attached hydrogens (primary N) is 1. The van der Waals surface area contributed by atoms with E-state index in [1.165, 1.54) is 18.9 Å². The van der Waals surface area contributed by atoms with Crippen molar-refractivity contribution in [3.05, 3.63) is 0 Å². The van der Waals surface area contributed by atoms with Gasteiger partial charge in [-0.05, 0) is 24.6 Å². The lowest BCUT2D eigenvalue weighted by molar-refractivity contribution is -0.462. The number of alkyl halides is 1. The number of halogens is 2. The van der Waals surface area contributed by atoms with Crippen LogP contribution in [0, 0.1) is 0 Å². The molecule has 1 atom stereocenters. The summed E-state index contributed by atoms with van der Waals surface area (Å²) < 4.78 is 6.18. The molecule has 1 saturated carbocycles. The molecule has 1 unspecified atom stereocenters. The van der Waals surface area contributed by atoms with E-state index >= 15 is 0 Å². The largest absolute Gasteiger partial charge is 1.00 e. The van der Waals surface area contributed by atoms with Gasteiger partial charge in [-0.2, -0.15) is 0 Å². The van der Waals surface area contributed by atoms with Crippen molar-refractivity contribution in [1.82, 2.24) is 0 Å². The van der Waals surface area contributed by atoms with Gasteiger partial charge < -0.3 is 17.1 Å². The molecule has 4 nitrogen and oxygen atoms in total. The van der Waals surface area contributed by atoms with Crippen molar-refractivity contribution < 1.29 is 26.5 Å². The van der Waals surface area contributed by atoms with Crippen LogP contribution in [0.2, 0.25) is 0 Å². The molecule has 0 aromatic carbocycles. The van der Waals surface area contributed by atoms with E-state index in [0.717, 1.165) is 12.8 Å². The molecule has 7 heteroatoms. The Morgan fingerprint density at radius 3 is 2.38 bits per heavy atom. The molecule has 1 fully saturated rings. The van der Waals surface area contributed by atoms with E-state index < -0.39 is 5.38 Å². The molecule has 1 aliphatic carbocycles. The zero-order chi connectivity index (χ0) is 11.6. The number of hydrogen-bond acceptors (Lipinski definition) is 3. The number of esters is 1. The summed E-state index contributed by atoms with van der Waals surface area (Å²) in [6, 6.07) is 0. The SMILES string of the molecule is COC(=O)C(Cl)C1(SC(N)=[N+](C)C)CC1.[Cl-]. The molecule has 0 saturated heterocycles. The van der Waals surface area contributed by atoms with Crippen molar-refractivity contribution in [2.75, 3.05) is 21.2 Å². The maximum atomic E-state index is 11.3. The second-order valence-corrected chi connectivity index (χ2v) is 5.66. The Morgan fingerprint density at radius 1 is 1.56 bits per heavy atom. The van der Waals surface area contributed by atoms with Gasteiger partial charge in [-0.15, -0.1) is 11.6 Å². The molecule has 0 heterocycles. The van der Waals surface area contributed by atoms with E-state index in [9.17, 15) is 4.79 Å². The van der Waals surface area contributed by atoms with Crippen LogP contribution in [-0.2, 0) is 9.53 Å². The van der Waals surface area contributed by atoms with Crippen molar-refractivity contribution in [2.24, 2.45) is 5.73 Å². The van der Waals surface area contributed by atoms with Gasteiger partial charge >= 0.3 is 11.1 Å². The predicted octanol–water partition coefficient (Wildman–Crippen LogP) is -2.38. The monoisotopic (exact) mass is 286 g/mol. The second kappa shape index (κ2) is 5.98. The van der Waals surface area contributed by atoms with E-state index in [2.05, 4.69) is 4.74 Å². The molecule has 0 spiro atoms. The van der Waals surface area contributed by atoms with Crippen molar-refractivity contribution in [3.8, 4) is 0 Å².